The first-order chi connectivity index (χ1) is 8.57. The summed E-state index contributed by atoms with van der Waals surface area (Å²) < 4.78 is 9.79. The van der Waals surface area contributed by atoms with Crippen LogP contribution in [0.1, 0.15) is 17.9 Å². The molecule has 2 atom stereocenters. The maximum atomic E-state index is 11.7. The number of hydrogen-bond donors (Lipinski definition) is 1. The first-order valence-corrected chi connectivity index (χ1v) is 5.52. The van der Waals surface area contributed by atoms with Gasteiger partial charge in [0.1, 0.15) is 5.75 Å². The van der Waals surface area contributed by atoms with E-state index in [0.717, 1.165) is 5.56 Å². The smallest absolute Gasteiger partial charge is 0.323 e. The Hall–Kier alpha value is -2.04. The van der Waals surface area contributed by atoms with Crippen LogP contribution in [0.3, 0.4) is 0 Å². The van der Waals surface area contributed by atoms with Gasteiger partial charge in [-0.15, -0.1) is 0 Å². The molecule has 1 saturated carbocycles. The summed E-state index contributed by atoms with van der Waals surface area (Å²) in [5.74, 6) is -1.65. The van der Waals surface area contributed by atoms with E-state index in [1.807, 2.05) is 0 Å². The molecular weight excluding hydrogens is 236 g/mol. The van der Waals surface area contributed by atoms with E-state index in [4.69, 9.17) is 4.74 Å². The fourth-order valence-electron chi connectivity index (χ4n) is 2.32. The Bertz CT molecular complexity index is 496. The lowest BCUT2D eigenvalue weighted by Gasteiger charge is -2.12. The number of ether oxygens (including phenoxy) is 2. The molecule has 0 aromatic heterocycles. The second kappa shape index (κ2) is 4.33. The molecule has 0 heterocycles. The third-order valence-electron chi connectivity index (χ3n) is 3.41. The van der Waals surface area contributed by atoms with Gasteiger partial charge in [0.15, 0.2) is 5.41 Å². The normalized spacial score (nSPS) is 25.3. The summed E-state index contributed by atoms with van der Waals surface area (Å²) in [6.45, 7) is 0. The monoisotopic (exact) mass is 250 g/mol. The quantitative estimate of drug-likeness (QED) is 0.646. The van der Waals surface area contributed by atoms with Crippen LogP contribution < -0.4 is 4.74 Å². The van der Waals surface area contributed by atoms with Gasteiger partial charge >= 0.3 is 11.9 Å². The van der Waals surface area contributed by atoms with Crippen LogP contribution in [0, 0.1) is 5.41 Å². The van der Waals surface area contributed by atoms with Crippen LogP contribution in [-0.2, 0) is 14.3 Å². The lowest BCUT2D eigenvalue weighted by Crippen LogP contribution is -2.28. The molecule has 5 nitrogen and oxygen atoms in total. The van der Waals surface area contributed by atoms with Gasteiger partial charge in [-0.3, -0.25) is 9.59 Å². The van der Waals surface area contributed by atoms with Crippen molar-refractivity contribution in [1.29, 1.82) is 0 Å². The minimum absolute atomic E-state index is 0.245. The van der Waals surface area contributed by atoms with E-state index < -0.39 is 23.3 Å². The SMILES string of the molecule is COC(=O)C1(C(=O)O)CC1c1ccccc1OC. The standard InChI is InChI=1S/C13H14O5/c1-17-10-6-4-3-5-8(10)9-7-13(9,11(14)15)12(16)18-2/h3-6,9H,7H2,1-2H3,(H,14,15). The Morgan fingerprint density at radius 3 is 2.56 bits per heavy atom. The van der Waals surface area contributed by atoms with Gasteiger partial charge < -0.3 is 14.6 Å². The second-order valence-electron chi connectivity index (χ2n) is 4.27. The molecule has 5 heteroatoms. The van der Waals surface area contributed by atoms with Crippen molar-refractivity contribution < 1.29 is 24.2 Å². The van der Waals surface area contributed by atoms with Crippen LogP contribution >= 0.6 is 0 Å². The van der Waals surface area contributed by atoms with Gasteiger partial charge in [-0.2, -0.15) is 0 Å². The van der Waals surface area contributed by atoms with E-state index in [1.54, 1.807) is 24.3 Å². The minimum atomic E-state index is -1.45. The third kappa shape index (κ3) is 1.63. The molecule has 0 bridgehead atoms. The zero-order valence-corrected chi connectivity index (χ0v) is 10.2. The van der Waals surface area contributed by atoms with Gasteiger partial charge in [0, 0.05) is 5.92 Å². The highest BCUT2D eigenvalue weighted by molar-refractivity contribution is 6.04. The lowest BCUT2D eigenvalue weighted by atomic mass is 9.98. The maximum absolute atomic E-state index is 11.7. The largest absolute Gasteiger partial charge is 0.496 e. The van der Waals surface area contributed by atoms with Crippen LogP contribution in [0.25, 0.3) is 0 Å². The molecule has 1 aliphatic rings. The minimum Gasteiger partial charge on any atom is -0.496 e. The molecule has 2 rings (SSSR count). The van der Waals surface area contributed by atoms with Gasteiger partial charge in [0.25, 0.3) is 0 Å². The zero-order valence-electron chi connectivity index (χ0n) is 10.2. The first kappa shape index (κ1) is 12.4. The van der Waals surface area contributed by atoms with Gasteiger partial charge in [0.2, 0.25) is 0 Å². The van der Waals surface area contributed by atoms with Gasteiger partial charge in [-0.1, -0.05) is 18.2 Å². The number of methoxy groups -OCH3 is 2. The molecule has 1 aliphatic carbocycles. The Morgan fingerprint density at radius 1 is 1.33 bits per heavy atom. The number of carbonyl (C=O) groups excluding carboxylic acids is 1. The molecule has 0 amide bonds. The summed E-state index contributed by atoms with van der Waals surface area (Å²) in [4.78, 5) is 23.0. The van der Waals surface area contributed by atoms with Crippen molar-refractivity contribution in [3.05, 3.63) is 29.8 Å². The topological polar surface area (TPSA) is 72.8 Å². The Labute approximate surface area is 104 Å². The predicted octanol–water partition coefficient (Wildman–Crippen LogP) is 1.43. The van der Waals surface area contributed by atoms with Crippen molar-refractivity contribution in [2.45, 2.75) is 12.3 Å². The average Bonchev–Trinajstić information content (AvgIpc) is 3.14. The molecule has 96 valence electrons. The Morgan fingerprint density at radius 2 is 2.00 bits per heavy atom. The van der Waals surface area contributed by atoms with Crippen LogP contribution in [-0.4, -0.2) is 31.3 Å². The third-order valence-corrected chi connectivity index (χ3v) is 3.41. The summed E-state index contributed by atoms with van der Waals surface area (Å²) in [7, 11) is 2.71. The van der Waals surface area contributed by atoms with Crippen molar-refractivity contribution >= 4 is 11.9 Å². The zero-order chi connectivity index (χ0) is 13.3. The van der Waals surface area contributed by atoms with Crippen molar-refractivity contribution in [2.75, 3.05) is 14.2 Å². The van der Waals surface area contributed by atoms with E-state index in [0.29, 0.717) is 5.75 Å². The number of carbonyl (C=O) groups is 2. The van der Waals surface area contributed by atoms with Gasteiger partial charge in [-0.25, -0.2) is 0 Å². The van der Waals surface area contributed by atoms with E-state index in [2.05, 4.69) is 4.74 Å². The van der Waals surface area contributed by atoms with Crippen LogP contribution in [0.5, 0.6) is 5.75 Å². The van der Waals surface area contributed by atoms with E-state index in [1.165, 1.54) is 14.2 Å². The first-order valence-electron chi connectivity index (χ1n) is 5.52. The van der Waals surface area contributed by atoms with E-state index in [-0.39, 0.29) is 6.42 Å². The molecule has 0 saturated heterocycles. The Kier molecular flexibility index (Phi) is 2.98. The Balaban J connectivity index is 2.38. The van der Waals surface area contributed by atoms with Crippen LogP contribution in [0.2, 0.25) is 0 Å². The molecule has 1 fully saturated rings. The molecule has 0 aliphatic heterocycles. The number of aliphatic carboxylic acids is 1. The fraction of sp³-hybridized carbons (Fsp3) is 0.385. The number of carboxylic acids is 1. The molecule has 18 heavy (non-hydrogen) atoms. The molecule has 1 aromatic carbocycles. The molecule has 1 aromatic rings. The lowest BCUT2D eigenvalue weighted by molar-refractivity contribution is -0.159. The number of rotatable bonds is 4. The highest BCUT2D eigenvalue weighted by atomic mass is 16.5. The molecule has 0 spiro atoms. The second-order valence-corrected chi connectivity index (χ2v) is 4.27. The van der Waals surface area contributed by atoms with Crippen molar-refractivity contribution in [3.8, 4) is 5.75 Å². The van der Waals surface area contributed by atoms with Crippen molar-refractivity contribution in [3.63, 3.8) is 0 Å². The van der Waals surface area contributed by atoms with Crippen LogP contribution in [0.4, 0.5) is 0 Å². The molecule has 2 unspecified atom stereocenters. The number of hydrogen-bond acceptors (Lipinski definition) is 4. The highest BCUT2D eigenvalue weighted by Crippen LogP contribution is 2.61. The van der Waals surface area contributed by atoms with Crippen molar-refractivity contribution in [1.82, 2.24) is 0 Å². The summed E-state index contributed by atoms with van der Waals surface area (Å²) >= 11 is 0. The summed E-state index contributed by atoms with van der Waals surface area (Å²) in [6.07, 6.45) is 0.245. The number of carboxylic acid groups (broad SMARTS) is 1. The average molecular weight is 250 g/mol. The van der Waals surface area contributed by atoms with Gasteiger partial charge in [-0.05, 0) is 18.1 Å². The molecular formula is C13H14O5. The fourth-order valence-corrected chi connectivity index (χ4v) is 2.32. The highest BCUT2D eigenvalue weighted by Gasteiger charge is 2.68. The molecule has 0 radical (unpaired) electrons. The van der Waals surface area contributed by atoms with E-state index in [9.17, 15) is 14.7 Å². The van der Waals surface area contributed by atoms with Crippen molar-refractivity contribution in [2.24, 2.45) is 5.41 Å². The number of esters is 1. The number of benzene rings is 1. The van der Waals surface area contributed by atoms with Crippen LogP contribution in [0.15, 0.2) is 24.3 Å². The van der Waals surface area contributed by atoms with E-state index >= 15 is 0 Å². The summed E-state index contributed by atoms with van der Waals surface area (Å²) in [5, 5.41) is 9.26. The predicted molar refractivity (Wildman–Crippen MR) is 62.4 cm³/mol. The maximum Gasteiger partial charge on any atom is 0.323 e. The molecule has 1 N–H and O–H groups in total. The summed E-state index contributed by atoms with van der Waals surface area (Å²) in [5.41, 5.74) is -0.726. The number of para-hydroxylation sites is 1. The summed E-state index contributed by atoms with van der Waals surface area (Å²) in [6, 6.07) is 7.11. The van der Waals surface area contributed by atoms with Gasteiger partial charge in [0.05, 0.1) is 14.2 Å².